The molecule has 12 heavy (non-hydrogen) atoms. The van der Waals surface area contributed by atoms with E-state index >= 15 is 0 Å². The second-order valence-electron chi connectivity index (χ2n) is 2.60. The van der Waals surface area contributed by atoms with Crippen LogP contribution in [0, 0.1) is 0 Å². The molecule has 2 rings (SSSR count). The second-order valence-corrected chi connectivity index (χ2v) is 2.60. The summed E-state index contributed by atoms with van der Waals surface area (Å²) in [4.78, 5) is 7.78. The molecule has 0 N–H and O–H groups in total. The van der Waals surface area contributed by atoms with E-state index in [9.17, 15) is 0 Å². The van der Waals surface area contributed by atoms with Crippen LogP contribution in [0.4, 0.5) is 0 Å². The first-order chi connectivity index (χ1) is 5.97. The Balaban J connectivity index is 2.08. The van der Waals surface area contributed by atoms with Gasteiger partial charge >= 0.3 is 7.12 Å². The molecule has 2 heterocycles. The summed E-state index contributed by atoms with van der Waals surface area (Å²) in [6.45, 7) is 1.50. The summed E-state index contributed by atoms with van der Waals surface area (Å²) < 4.78 is 10.7. The average Bonchev–Trinajstić information content (AvgIpc) is 2.21. The van der Waals surface area contributed by atoms with Gasteiger partial charge in [0.05, 0.1) is 0 Å². The monoisotopic (exact) mass is 164 g/mol. The fraction of sp³-hybridized carbons (Fsp3) is 0.429. The van der Waals surface area contributed by atoms with Crippen LogP contribution in [0.5, 0.6) is 0 Å². The molecule has 1 aromatic heterocycles. The van der Waals surface area contributed by atoms with Crippen LogP contribution in [0.1, 0.15) is 6.42 Å². The van der Waals surface area contributed by atoms with Gasteiger partial charge in [-0.15, -0.1) is 0 Å². The first-order valence-electron chi connectivity index (χ1n) is 3.95. The molecule has 0 bridgehead atoms. The van der Waals surface area contributed by atoms with E-state index in [0.29, 0.717) is 0 Å². The van der Waals surface area contributed by atoms with E-state index in [2.05, 4.69) is 9.97 Å². The molecule has 62 valence electrons. The quantitative estimate of drug-likeness (QED) is 0.530. The van der Waals surface area contributed by atoms with Gasteiger partial charge in [-0.1, -0.05) is 0 Å². The molecule has 0 spiro atoms. The van der Waals surface area contributed by atoms with Crippen LogP contribution in [0.25, 0.3) is 0 Å². The van der Waals surface area contributed by atoms with Crippen molar-refractivity contribution in [3.05, 3.63) is 18.7 Å². The predicted octanol–water partition coefficient (Wildman–Crippen LogP) is -0.391. The number of rotatable bonds is 1. The van der Waals surface area contributed by atoms with Gasteiger partial charge < -0.3 is 9.31 Å². The largest absolute Gasteiger partial charge is 0.497 e. The van der Waals surface area contributed by atoms with Crippen LogP contribution in [-0.2, 0) is 9.31 Å². The molecule has 1 aliphatic heterocycles. The summed E-state index contributed by atoms with van der Waals surface area (Å²) in [5.41, 5.74) is 0.886. The molecule has 0 amide bonds. The van der Waals surface area contributed by atoms with Crippen LogP contribution in [0.15, 0.2) is 18.7 Å². The van der Waals surface area contributed by atoms with Crippen molar-refractivity contribution < 1.29 is 9.31 Å². The van der Waals surface area contributed by atoms with Gasteiger partial charge in [-0.3, -0.25) is 0 Å². The molecule has 0 atom stereocenters. The molecule has 1 saturated heterocycles. The van der Waals surface area contributed by atoms with Crippen molar-refractivity contribution in [3.63, 3.8) is 0 Å². The molecule has 4 nitrogen and oxygen atoms in total. The molecule has 0 radical (unpaired) electrons. The molecule has 0 aromatic carbocycles. The van der Waals surface area contributed by atoms with Crippen LogP contribution < -0.4 is 5.46 Å². The molecule has 1 aromatic rings. The number of hydrogen-bond acceptors (Lipinski definition) is 4. The van der Waals surface area contributed by atoms with E-state index in [1.54, 1.807) is 12.4 Å². The minimum Gasteiger partial charge on any atom is -0.407 e. The summed E-state index contributed by atoms with van der Waals surface area (Å²) >= 11 is 0. The zero-order chi connectivity index (χ0) is 8.23. The van der Waals surface area contributed by atoms with E-state index in [0.717, 1.165) is 25.1 Å². The molecule has 0 aliphatic carbocycles. The summed E-state index contributed by atoms with van der Waals surface area (Å²) in [5.74, 6) is 0. The Labute approximate surface area is 71.1 Å². The fourth-order valence-electron chi connectivity index (χ4n) is 1.11. The Morgan fingerprint density at radius 3 is 2.50 bits per heavy atom. The lowest BCUT2D eigenvalue weighted by Crippen LogP contribution is -2.41. The third-order valence-electron chi connectivity index (χ3n) is 1.68. The van der Waals surface area contributed by atoms with Crippen molar-refractivity contribution in [2.75, 3.05) is 13.2 Å². The third kappa shape index (κ3) is 1.62. The first kappa shape index (κ1) is 7.70. The molecule has 0 unspecified atom stereocenters. The molecule has 0 saturated carbocycles. The van der Waals surface area contributed by atoms with Gasteiger partial charge in [0.1, 0.15) is 6.33 Å². The minimum atomic E-state index is -0.264. The van der Waals surface area contributed by atoms with Gasteiger partial charge in [-0.05, 0) is 6.42 Å². The maximum absolute atomic E-state index is 5.36. The lowest BCUT2D eigenvalue weighted by molar-refractivity contribution is 0.143. The maximum Gasteiger partial charge on any atom is 0.497 e. The van der Waals surface area contributed by atoms with Crippen molar-refractivity contribution in [2.24, 2.45) is 0 Å². The maximum atomic E-state index is 5.36. The molecule has 1 aliphatic rings. The minimum absolute atomic E-state index is 0.264. The number of nitrogens with zero attached hydrogens (tertiary/aromatic N) is 2. The Kier molecular flexibility index (Phi) is 2.34. The van der Waals surface area contributed by atoms with E-state index in [4.69, 9.17) is 9.31 Å². The highest BCUT2D eigenvalue weighted by molar-refractivity contribution is 6.61. The lowest BCUT2D eigenvalue weighted by Gasteiger charge is -2.18. The van der Waals surface area contributed by atoms with Crippen LogP contribution in [0.3, 0.4) is 0 Å². The SMILES string of the molecule is c1ncc(B2OCCCO2)cn1. The highest BCUT2D eigenvalue weighted by Crippen LogP contribution is 1.99. The average molecular weight is 164 g/mol. The summed E-state index contributed by atoms with van der Waals surface area (Å²) in [7, 11) is -0.264. The Bertz CT molecular complexity index is 238. The van der Waals surface area contributed by atoms with E-state index in [1.807, 2.05) is 0 Å². The van der Waals surface area contributed by atoms with Gasteiger partial charge in [-0.2, -0.15) is 0 Å². The molecule has 5 heteroatoms. The topological polar surface area (TPSA) is 44.2 Å². The highest BCUT2D eigenvalue weighted by atomic mass is 16.6. The fourth-order valence-corrected chi connectivity index (χ4v) is 1.11. The predicted molar refractivity (Wildman–Crippen MR) is 43.9 cm³/mol. The normalized spacial score (nSPS) is 17.8. The molecular weight excluding hydrogens is 155 g/mol. The smallest absolute Gasteiger partial charge is 0.407 e. The number of hydrogen-bond donors (Lipinski definition) is 0. The molecule has 1 fully saturated rings. The van der Waals surface area contributed by atoms with Crippen molar-refractivity contribution in [1.82, 2.24) is 9.97 Å². The third-order valence-corrected chi connectivity index (χ3v) is 1.68. The van der Waals surface area contributed by atoms with Gasteiger partial charge in [0.15, 0.2) is 0 Å². The summed E-state index contributed by atoms with van der Waals surface area (Å²) in [6.07, 6.45) is 5.88. The van der Waals surface area contributed by atoms with Crippen molar-refractivity contribution >= 4 is 12.6 Å². The summed E-state index contributed by atoms with van der Waals surface area (Å²) in [6, 6.07) is 0. The Morgan fingerprint density at radius 1 is 1.17 bits per heavy atom. The lowest BCUT2D eigenvalue weighted by atomic mass is 9.80. The van der Waals surface area contributed by atoms with E-state index in [1.165, 1.54) is 6.33 Å². The summed E-state index contributed by atoms with van der Waals surface area (Å²) in [5, 5.41) is 0. The van der Waals surface area contributed by atoms with Crippen molar-refractivity contribution in [3.8, 4) is 0 Å². The standard InChI is InChI=1S/C7H9BN2O2/c1-2-11-8(12-3-1)7-4-9-6-10-5-7/h4-6H,1-3H2. The van der Waals surface area contributed by atoms with E-state index in [-0.39, 0.29) is 7.12 Å². The number of aromatic nitrogens is 2. The zero-order valence-electron chi connectivity index (χ0n) is 6.64. The van der Waals surface area contributed by atoms with Gasteiger partial charge in [-0.25, -0.2) is 9.97 Å². The molecular formula is C7H9BN2O2. The van der Waals surface area contributed by atoms with E-state index < -0.39 is 0 Å². The van der Waals surface area contributed by atoms with Crippen LogP contribution in [0.2, 0.25) is 0 Å². The van der Waals surface area contributed by atoms with Crippen molar-refractivity contribution in [2.45, 2.75) is 6.42 Å². The Hall–Kier alpha value is -0.935. The zero-order valence-corrected chi connectivity index (χ0v) is 6.64. The first-order valence-corrected chi connectivity index (χ1v) is 3.95. The Morgan fingerprint density at radius 2 is 1.83 bits per heavy atom. The van der Waals surface area contributed by atoms with Gasteiger partial charge in [0, 0.05) is 31.1 Å². The van der Waals surface area contributed by atoms with Crippen LogP contribution >= 0.6 is 0 Å². The van der Waals surface area contributed by atoms with Gasteiger partial charge in [0.25, 0.3) is 0 Å². The highest BCUT2D eigenvalue weighted by Gasteiger charge is 2.24. The van der Waals surface area contributed by atoms with Crippen molar-refractivity contribution in [1.29, 1.82) is 0 Å². The second kappa shape index (κ2) is 3.64. The van der Waals surface area contributed by atoms with Crippen LogP contribution in [-0.4, -0.2) is 30.3 Å². The van der Waals surface area contributed by atoms with Gasteiger partial charge in [0.2, 0.25) is 0 Å².